The Morgan fingerprint density at radius 1 is 1.29 bits per heavy atom. The van der Waals surface area contributed by atoms with Gasteiger partial charge in [-0.25, -0.2) is 0 Å². The molecule has 118 valence electrons. The predicted octanol–water partition coefficient (Wildman–Crippen LogP) is 2.94. The van der Waals surface area contributed by atoms with Gasteiger partial charge in [-0.1, -0.05) is 20.8 Å². The summed E-state index contributed by atoms with van der Waals surface area (Å²) in [6.45, 7) is 7.95. The number of rotatable bonds is 1. The second kappa shape index (κ2) is 4.99. The third-order valence-electron chi connectivity index (χ3n) is 6.37. The third kappa shape index (κ3) is 2.27. The Kier molecular flexibility index (Phi) is 3.53. The highest BCUT2D eigenvalue weighted by Gasteiger charge is 2.58. The minimum Gasteiger partial charge on any atom is -0.462 e. The Hall–Kier alpha value is -1.06. The highest BCUT2D eigenvalue weighted by Crippen LogP contribution is 2.58. The van der Waals surface area contributed by atoms with E-state index in [-0.39, 0.29) is 41.4 Å². The maximum atomic E-state index is 12.0. The van der Waals surface area contributed by atoms with Gasteiger partial charge >= 0.3 is 11.9 Å². The fraction of sp³-hybridized carbons (Fsp3) is 0.882. The van der Waals surface area contributed by atoms with Crippen LogP contribution in [0.15, 0.2) is 0 Å². The van der Waals surface area contributed by atoms with Crippen molar-refractivity contribution < 1.29 is 19.1 Å². The first-order chi connectivity index (χ1) is 9.83. The van der Waals surface area contributed by atoms with Gasteiger partial charge in [0.1, 0.15) is 12.2 Å². The minimum absolute atomic E-state index is 0.0135. The summed E-state index contributed by atoms with van der Waals surface area (Å²) < 4.78 is 11.3. The highest BCUT2D eigenvalue weighted by molar-refractivity contribution is 5.75. The van der Waals surface area contributed by atoms with Crippen molar-refractivity contribution in [1.82, 2.24) is 0 Å². The van der Waals surface area contributed by atoms with Crippen LogP contribution in [0.1, 0.15) is 53.4 Å². The van der Waals surface area contributed by atoms with Crippen LogP contribution in [0.5, 0.6) is 0 Å². The molecular weight excluding hydrogens is 268 g/mol. The van der Waals surface area contributed by atoms with E-state index in [9.17, 15) is 9.59 Å². The standard InChI is InChI=1S/C17H26O4/c1-9-12-5-7-17(4)8-6-13(20-11(3)18)10(2)14(17)15(12)21-16(9)19/h9-10,12-15H,5-8H2,1-4H3/t9-,10+,12-,13+,14+,15-,17-/m0/s1. The van der Waals surface area contributed by atoms with Crippen LogP contribution in [0, 0.1) is 29.1 Å². The smallest absolute Gasteiger partial charge is 0.309 e. The van der Waals surface area contributed by atoms with Crippen LogP contribution in [-0.4, -0.2) is 24.1 Å². The fourth-order valence-corrected chi connectivity index (χ4v) is 5.17. The second-order valence-corrected chi connectivity index (χ2v) is 7.62. The molecule has 1 aliphatic heterocycles. The van der Waals surface area contributed by atoms with Gasteiger partial charge in [-0.3, -0.25) is 9.59 Å². The molecule has 7 atom stereocenters. The van der Waals surface area contributed by atoms with Crippen LogP contribution in [-0.2, 0) is 19.1 Å². The summed E-state index contributed by atoms with van der Waals surface area (Å²) in [6.07, 6.45) is 4.18. The van der Waals surface area contributed by atoms with Crippen LogP contribution < -0.4 is 0 Å². The van der Waals surface area contributed by atoms with Gasteiger partial charge in [0.2, 0.25) is 0 Å². The average molecular weight is 294 g/mol. The molecule has 1 saturated heterocycles. The van der Waals surface area contributed by atoms with E-state index in [1.807, 2.05) is 6.92 Å². The van der Waals surface area contributed by atoms with Crippen LogP contribution in [0.25, 0.3) is 0 Å². The number of hydrogen-bond donors (Lipinski definition) is 0. The fourth-order valence-electron chi connectivity index (χ4n) is 5.17. The molecule has 0 aromatic carbocycles. The number of carbonyl (C=O) groups is 2. The largest absolute Gasteiger partial charge is 0.462 e. The normalized spacial score (nSPS) is 49.0. The van der Waals surface area contributed by atoms with E-state index in [0.29, 0.717) is 11.8 Å². The quantitative estimate of drug-likeness (QED) is 0.698. The predicted molar refractivity (Wildman–Crippen MR) is 77.3 cm³/mol. The van der Waals surface area contributed by atoms with E-state index < -0.39 is 0 Å². The zero-order valence-corrected chi connectivity index (χ0v) is 13.4. The molecule has 4 nitrogen and oxygen atoms in total. The van der Waals surface area contributed by atoms with Crippen LogP contribution in [0.3, 0.4) is 0 Å². The van der Waals surface area contributed by atoms with E-state index in [1.54, 1.807) is 0 Å². The molecule has 0 radical (unpaired) electrons. The van der Waals surface area contributed by atoms with Crippen LogP contribution >= 0.6 is 0 Å². The summed E-state index contributed by atoms with van der Waals surface area (Å²) >= 11 is 0. The summed E-state index contributed by atoms with van der Waals surface area (Å²) in [4.78, 5) is 23.3. The molecule has 0 bridgehead atoms. The summed E-state index contributed by atoms with van der Waals surface area (Å²) in [5, 5.41) is 0. The molecule has 0 aromatic heterocycles. The SMILES string of the molecule is CC(=O)O[C@@H]1CC[C@]2(C)CC[C@@H]3[C@H](OC(=O)[C@H]3C)[C@H]2[C@@H]1C. The van der Waals surface area contributed by atoms with E-state index in [4.69, 9.17) is 9.47 Å². The molecule has 0 amide bonds. The molecule has 3 rings (SSSR count). The average Bonchev–Trinajstić information content (AvgIpc) is 2.68. The summed E-state index contributed by atoms with van der Waals surface area (Å²) in [5.74, 6) is 0.660. The van der Waals surface area contributed by atoms with Gasteiger partial charge in [-0.05, 0) is 37.0 Å². The van der Waals surface area contributed by atoms with E-state index >= 15 is 0 Å². The Morgan fingerprint density at radius 2 is 1.95 bits per heavy atom. The van der Waals surface area contributed by atoms with Gasteiger partial charge in [0.25, 0.3) is 0 Å². The maximum Gasteiger partial charge on any atom is 0.309 e. The van der Waals surface area contributed by atoms with Crippen molar-refractivity contribution in [2.75, 3.05) is 0 Å². The van der Waals surface area contributed by atoms with Crippen molar-refractivity contribution in [3.63, 3.8) is 0 Å². The van der Waals surface area contributed by atoms with Gasteiger partial charge < -0.3 is 9.47 Å². The van der Waals surface area contributed by atoms with Crippen molar-refractivity contribution >= 4 is 11.9 Å². The highest BCUT2D eigenvalue weighted by atomic mass is 16.6. The Labute approximate surface area is 126 Å². The zero-order chi connectivity index (χ0) is 15.4. The molecular formula is C17H26O4. The molecule has 0 N–H and O–H groups in total. The monoisotopic (exact) mass is 294 g/mol. The van der Waals surface area contributed by atoms with Gasteiger partial charge in [0.15, 0.2) is 0 Å². The molecule has 2 saturated carbocycles. The van der Waals surface area contributed by atoms with Crippen molar-refractivity contribution in [2.45, 2.75) is 65.6 Å². The van der Waals surface area contributed by atoms with E-state index in [0.717, 1.165) is 25.7 Å². The second-order valence-electron chi connectivity index (χ2n) is 7.62. The lowest BCUT2D eigenvalue weighted by molar-refractivity contribution is -0.173. The van der Waals surface area contributed by atoms with Crippen LogP contribution in [0.2, 0.25) is 0 Å². The lowest BCUT2D eigenvalue weighted by Crippen LogP contribution is -2.54. The van der Waals surface area contributed by atoms with Gasteiger partial charge in [-0.2, -0.15) is 0 Å². The van der Waals surface area contributed by atoms with Gasteiger partial charge in [0, 0.05) is 18.8 Å². The van der Waals surface area contributed by atoms with E-state index in [2.05, 4.69) is 13.8 Å². The number of fused-ring (bicyclic) bond motifs is 3. The first-order valence-corrected chi connectivity index (χ1v) is 8.21. The van der Waals surface area contributed by atoms with Gasteiger partial charge in [-0.15, -0.1) is 0 Å². The van der Waals surface area contributed by atoms with Gasteiger partial charge in [0.05, 0.1) is 5.92 Å². The van der Waals surface area contributed by atoms with Crippen molar-refractivity contribution in [1.29, 1.82) is 0 Å². The van der Waals surface area contributed by atoms with Crippen molar-refractivity contribution in [2.24, 2.45) is 29.1 Å². The Balaban J connectivity index is 1.87. The molecule has 2 aliphatic carbocycles. The molecule has 3 fully saturated rings. The first kappa shape index (κ1) is 14.9. The number of ether oxygens (including phenoxy) is 2. The number of esters is 2. The van der Waals surface area contributed by atoms with Crippen molar-refractivity contribution in [3.8, 4) is 0 Å². The molecule has 21 heavy (non-hydrogen) atoms. The summed E-state index contributed by atoms with van der Waals surface area (Å²) in [7, 11) is 0. The molecule has 0 aromatic rings. The van der Waals surface area contributed by atoms with Crippen molar-refractivity contribution in [3.05, 3.63) is 0 Å². The minimum atomic E-state index is -0.209. The number of carbonyl (C=O) groups excluding carboxylic acids is 2. The zero-order valence-electron chi connectivity index (χ0n) is 13.4. The lowest BCUT2D eigenvalue weighted by atomic mass is 9.52. The third-order valence-corrected chi connectivity index (χ3v) is 6.37. The van der Waals surface area contributed by atoms with Crippen LogP contribution in [0.4, 0.5) is 0 Å². The van der Waals surface area contributed by atoms with E-state index in [1.165, 1.54) is 6.92 Å². The Bertz CT molecular complexity index is 460. The maximum absolute atomic E-state index is 12.0. The lowest BCUT2D eigenvalue weighted by Gasteiger charge is -2.54. The molecule has 4 heteroatoms. The molecule has 3 aliphatic rings. The molecule has 1 heterocycles. The summed E-state index contributed by atoms with van der Waals surface area (Å²) in [5.41, 5.74) is 0.210. The Morgan fingerprint density at radius 3 is 2.62 bits per heavy atom. The number of hydrogen-bond acceptors (Lipinski definition) is 4. The summed E-state index contributed by atoms with van der Waals surface area (Å²) in [6, 6.07) is 0. The first-order valence-electron chi connectivity index (χ1n) is 8.21. The topological polar surface area (TPSA) is 52.6 Å². The molecule has 0 spiro atoms. The molecule has 0 unspecified atom stereocenters.